The van der Waals surface area contributed by atoms with Gasteiger partial charge in [0.2, 0.25) is 0 Å². The van der Waals surface area contributed by atoms with Crippen molar-refractivity contribution in [1.82, 2.24) is 0 Å². The number of rotatable bonds is 4. The summed E-state index contributed by atoms with van der Waals surface area (Å²) in [5.74, 6) is -1.12. The van der Waals surface area contributed by atoms with Crippen molar-refractivity contribution >= 4 is 39.1 Å². The highest BCUT2D eigenvalue weighted by molar-refractivity contribution is 9.10. The van der Waals surface area contributed by atoms with Crippen LogP contribution in [-0.2, 0) is 9.59 Å². The Morgan fingerprint density at radius 3 is 2.34 bits per heavy atom. The molecule has 5 nitrogen and oxygen atoms in total. The van der Waals surface area contributed by atoms with Crippen molar-refractivity contribution in [3.8, 4) is 5.75 Å². The summed E-state index contributed by atoms with van der Waals surface area (Å²) >= 11 is 3.38. The van der Waals surface area contributed by atoms with E-state index in [0.29, 0.717) is 22.6 Å². The van der Waals surface area contributed by atoms with Crippen molar-refractivity contribution in [2.45, 2.75) is 19.9 Å². The second-order valence-corrected chi connectivity index (χ2v) is 8.55. The molecule has 1 N–H and O–H groups in total. The summed E-state index contributed by atoms with van der Waals surface area (Å²) in [5, 5.41) is 11.2. The monoisotopic (exact) mass is 491 g/mol. The van der Waals surface area contributed by atoms with Crippen LogP contribution in [0.15, 0.2) is 76.8 Å². The van der Waals surface area contributed by atoms with Crippen LogP contribution in [0.3, 0.4) is 0 Å². The summed E-state index contributed by atoms with van der Waals surface area (Å²) < 4.78 is 6.40. The third-order valence-electron chi connectivity index (χ3n) is 5.83. The summed E-state index contributed by atoms with van der Waals surface area (Å²) in [4.78, 5) is 28.1. The zero-order chi connectivity index (χ0) is 23.0. The van der Waals surface area contributed by atoms with Crippen LogP contribution >= 0.6 is 15.9 Å². The van der Waals surface area contributed by atoms with E-state index in [0.717, 1.165) is 15.6 Å². The number of para-hydroxylation sites is 1. The number of halogens is 1. The molecule has 1 saturated heterocycles. The highest BCUT2D eigenvalue weighted by atomic mass is 79.9. The molecule has 1 fully saturated rings. The van der Waals surface area contributed by atoms with Gasteiger partial charge in [0.05, 0.1) is 18.7 Å². The zero-order valence-corrected chi connectivity index (χ0v) is 19.5. The molecule has 1 heterocycles. The number of hydrogen-bond acceptors (Lipinski definition) is 4. The van der Waals surface area contributed by atoms with Crippen molar-refractivity contribution in [3.63, 3.8) is 0 Å². The lowest BCUT2D eigenvalue weighted by Gasteiger charge is -2.28. The van der Waals surface area contributed by atoms with Gasteiger partial charge < -0.3 is 9.84 Å². The minimum absolute atomic E-state index is 0.0303. The first-order valence-electron chi connectivity index (χ1n) is 10.1. The SMILES string of the molecule is COc1ccccc1C1/C(=C(\O)c2ccc(Br)cc2)C(=O)C(=O)N1c1cccc(C)c1C. The quantitative estimate of drug-likeness (QED) is 0.288. The number of hydrogen-bond donors (Lipinski definition) is 1. The third-order valence-corrected chi connectivity index (χ3v) is 6.36. The maximum Gasteiger partial charge on any atom is 0.300 e. The molecule has 0 aliphatic carbocycles. The number of carbonyl (C=O) groups excluding carboxylic acids is 2. The number of ether oxygens (including phenoxy) is 1. The summed E-state index contributed by atoms with van der Waals surface area (Å²) in [6.45, 7) is 3.87. The predicted molar refractivity (Wildman–Crippen MR) is 128 cm³/mol. The number of amides is 1. The van der Waals surface area contributed by atoms with Crippen LogP contribution in [0.1, 0.15) is 28.3 Å². The molecule has 1 aliphatic heterocycles. The van der Waals surface area contributed by atoms with Gasteiger partial charge in [0.15, 0.2) is 0 Å². The number of aliphatic hydroxyl groups excluding tert-OH is 1. The lowest BCUT2D eigenvalue weighted by molar-refractivity contribution is -0.132. The largest absolute Gasteiger partial charge is 0.507 e. The van der Waals surface area contributed by atoms with E-state index in [2.05, 4.69) is 15.9 Å². The van der Waals surface area contributed by atoms with Crippen molar-refractivity contribution < 1.29 is 19.4 Å². The van der Waals surface area contributed by atoms with Gasteiger partial charge in [0.25, 0.3) is 11.7 Å². The van der Waals surface area contributed by atoms with Crippen molar-refractivity contribution in [2.75, 3.05) is 12.0 Å². The second kappa shape index (κ2) is 8.63. The Balaban J connectivity index is 2.02. The second-order valence-electron chi connectivity index (χ2n) is 7.64. The Bertz CT molecular complexity index is 1250. The zero-order valence-electron chi connectivity index (χ0n) is 17.9. The van der Waals surface area contributed by atoms with Gasteiger partial charge in [0, 0.05) is 21.3 Å². The number of aryl methyl sites for hydroxylation is 1. The van der Waals surface area contributed by atoms with E-state index in [1.54, 1.807) is 30.3 Å². The van der Waals surface area contributed by atoms with Gasteiger partial charge in [-0.05, 0) is 49.2 Å². The van der Waals surface area contributed by atoms with E-state index >= 15 is 0 Å². The molecule has 1 amide bonds. The number of nitrogens with zero attached hydrogens (tertiary/aromatic N) is 1. The number of benzene rings is 3. The van der Waals surface area contributed by atoms with Gasteiger partial charge in [-0.1, -0.05) is 58.4 Å². The summed E-state index contributed by atoms with van der Waals surface area (Å²) in [6.07, 6.45) is 0. The molecule has 32 heavy (non-hydrogen) atoms. The van der Waals surface area contributed by atoms with E-state index in [1.165, 1.54) is 12.0 Å². The molecule has 4 rings (SSSR count). The smallest absolute Gasteiger partial charge is 0.300 e. The van der Waals surface area contributed by atoms with Crippen molar-refractivity contribution in [1.29, 1.82) is 0 Å². The molecule has 0 radical (unpaired) electrons. The fourth-order valence-corrected chi connectivity index (χ4v) is 4.29. The van der Waals surface area contributed by atoms with E-state index in [1.807, 2.05) is 50.2 Å². The first kappa shape index (κ1) is 21.8. The Morgan fingerprint density at radius 1 is 0.969 bits per heavy atom. The molecule has 0 spiro atoms. The van der Waals surface area contributed by atoms with Crippen LogP contribution in [-0.4, -0.2) is 23.9 Å². The van der Waals surface area contributed by atoms with Gasteiger partial charge in [0.1, 0.15) is 11.5 Å². The van der Waals surface area contributed by atoms with Crippen molar-refractivity contribution in [2.24, 2.45) is 0 Å². The van der Waals surface area contributed by atoms with Gasteiger partial charge >= 0.3 is 0 Å². The van der Waals surface area contributed by atoms with Gasteiger partial charge in [-0.15, -0.1) is 0 Å². The average Bonchev–Trinajstić information content (AvgIpc) is 3.06. The Kier molecular flexibility index (Phi) is 5.89. The maximum atomic E-state index is 13.3. The summed E-state index contributed by atoms with van der Waals surface area (Å²) in [5.41, 5.74) is 3.61. The van der Waals surface area contributed by atoms with Gasteiger partial charge in [-0.2, -0.15) is 0 Å². The lowest BCUT2D eigenvalue weighted by atomic mass is 9.94. The Morgan fingerprint density at radius 2 is 1.66 bits per heavy atom. The molecule has 0 aromatic heterocycles. The fourth-order valence-electron chi connectivity index (χ4n) is 4.03. The molecule has 3 aromatic rings. The Labute approximate surface area is 195 Å². The highest BCUT2D eigenvalue weighted by Gasteiger charge is 2.48. The topological polar surface area (TPSA) is 66.8 Å². The number of carbonyl (C=O) groups is 2. The van der Waals surface area contributed by atoms with E-state index in [4.69, 9.17) is 4.74 Å². The molecule has 6 heteroatoms. The minimum Gasteiger partial charge on any atom is -0.507 e. The van der Waals surface area contributed by atoms with Crippen molar-refractivity contribution in [3.05, 3.63) is 99.0 Å². The van der Waals surface area contributed by atoms with Gasteiger partial charge in [-0.25, -0.2) is 0 Å². The molecule has 3 aromatic carbocycles. The number of ketones is 1. The molecule has 0 saturated carbocycles. The normalized spacial score (nSPS) is 17.6. The fraction of sp³-hybridized carbons (Fsp3) is 0.154. The number of Topliss-reactive ketones (excluding diaryl/α,β-unsaturated/α-hetero) is 1. The Hall–Kier alpha value is -3.38. The summed E-state index contributed by atoms with van der Waals surface area (Å²) in [6, 6.07) is 18.9. The van der Waals surface area contributed by atoms with E-state index < -0.39 is 17.7 Å². The molecular formula is C26H22BrNO4. The molecule has 162 valence electrons. The number of methoxy groups -OCH3 is 1. The molecular weight excluding hydrogens is 470 g/mol. The van der Waals surface area contributed by atoms with Crippen LogP contribution in [0.5, 0.6) is 5.75 Å². The van der Waals surface area contributed by atoms with E-state index in [9.17, 15) is 14.7 Å². The maximum absolute atomic E-state index is 13.3. The predicted octanol–water partition coefficient (Wildman–Crippen LogP) is 5.70. The number of aliphatic hydroxyl groups is 1. The molecule has 1 aliphatic rings. The van der Waals surface area contributed by atoms with E-state index in [-0.39, 0.29) is 11.3 Å². The average molecular weight is 492 g/mol. The first-order chi connectivity index (χ1) is 15.3. The molecule has 1 unspecified atom stereocenters. The minimum atomic E-state index is -0.838. The lowest BCUT2D eigenvalue weighted by Crippen LogP contribution is -2.30. The highest BCUT2D eigenvalue weighted by Crippen LogP contribution is 2.45. The third kappa shape index (κ3) is 3.60. The van der Waals surface area contributed by atoms with Crippen LogP contribution in [0.25, 0.3) is 5.76 Å². The first-order valence-corrected chi connectivity index (χ1v) is 10.9. The van der Waals surface area contributed by atoms with Crippen LogP contribution in [0.2, 0.25) is 0 Å². The van der Waals surface area contributed by atoms with Crippen LogP contribution in [0.4, 0.5) is 5.69 Å². The summed E-state index contributed by atoms with van der Waals surface area (Å²) in [7, 11) is 1.54. The van der Waals surface area contributed by atoms with Gasteiger partial charge in [-0.3, -0.25) is 14.5 Å². The van der Waals surface area contributed by atoms with Crippen LogP contribution in [0, 0.1) is 13.8 Å². The number of anilines is 1. The van der Waals surface area contributed by atoms with Crippen LogP contribution < -0.4 is 9.64 Å². The molecule has 1 atom stereocenters. The molecule has 0 bridgehead atoms. The standard InChI is InChI=1S/C26H22BrNO4/c1-15-7-6-9-20(16(15)2)28-23(19-8-4-5-10-21(19)32-3)22(25(30)26(28)31)24(29)17-11-13-18(27)14-12-17/h4-14,23,29H,1-3H3/b24-22+.